The average Bonchev–Trinajstić information content (AvgIpc) is 2.38. The van der Waals surface area contributed by atoms with E-state index in [9.17, 15) is 4.79 Å². The number of hydrogen-bond donors (Lipinski definition) is 0. The molecule has 0 aliphatic heterocycles. The number of carbonyl (C=O) groups excluding carboxylic acids is 1. The molecule has 10 heavy (non-hydrogen) atoms. The van der Waals surface area contributed by atoms with Crippen LogP contribution in [0.4, 0.5) is 0 Å². The Morgan fingerprint density at radius 3 is 2.00 bits per heavy atom. The lowest BCUT2D eigenvalue weighted by molar-refractivity contribution is -0.123. The zero-order valence-electron chi connectivity index (χ0n) is 7.27. The predicted molar refractivity (Wildman–Crippen MR) is 41.7 cm³/mol. The summed E-state index contributed by atoms with van der Waals surface area (Å²) < 4.78 is 0. The van der Waals surface area contributed by atoms with Gasteiger partial charge in [0.25, 0.3) is 0 Å². The molecule has 0 amide bonds. The third kappa shape index (κ3) is 1.23. The monoisotopic (exact) mass is 140 g/mol. The Balaban J connectivity index is 2.48. The minimum atomic E-state index is 0.228. The zero-order chi connectivity index (χ0) is 7.94. The quantitative estimate of drug-likeness (QED) is 0.575. The maximum atomic E-state index is 11.3. The summed E-state index contributed by atoms with van der Waals surface area (Å²) in [6, 6.07) is 0. The van der Waals surface area contributed by atoms with Gasteiger partial charge >= 0.3 is 0 Å². The number of carbonyl (C=O) groups is 1. The van der Waals surface area contributed by atoms with Crippen LogP contribution in [0.3, 0.4) is 0 Å². The standard InChI is InChI=1S/C9H16O/c1-6(2)8(10)7-5-9(7,3)4/h6-7H,5H2,1-4H3. The summed E-state index contributed by atoms with van der Waals surface area (Å²) in [5.41, 5.74) is 0.321. The third-order valence-electron chi connectivity index (χ3n) is 2.43. The van der Waals surface area contributed by atoms with Gasteiger partial charge in [-0.15, -0.1) is 0 Å². The highest BCUT2D eigenvalue weighted by molar-refractivity contribution is 5.86. The highest BCUT2D eigenvalue weighted by Gasteiger charge is 2.50. The molecule has 0 saturated heterocycles. The molecule has 1 fully saturated rings. The molecule has 1 atom stereocenters. The van der Waals surface area contributed by atoms with E-state index in [1.165, 1.54) is 0 Å². The van der Waals surface area contributed by atoms with Crippen molar-refractivity contribution in [1.29, 1.82) is 0 Å². The van der Waals surface area contributed by atoms with Crippen LogP contribution in [0.1, 0.15) is 34.1 Å². The largest absolute Gasteiger partial charge is 0.299 e. The molecule has 1 heteroatoms. The van der Waals surface area contributed by atoms with Gasteiger partial charge in [-0.3, -0.25) is 4.79 Å². The molecule has 1 nitrogen and oxygen atoms in total. The van der Waals surface area contributed by atoms with E-state index in [0.717, 1.165) is 6.42 Å². The van der Waals surface area contributed by atoms with Crippen LogP contribution in [0.25, 0.3) is 0 Å². The Kier molecular flexibility index (Phi) is 1.61. The number of ketones is 1. The van der Waals surface area contributed by atoms with Crippen molar-refractivity contribution in [3.8, 4) is 0 Å². The van der Waals surface area contributed by atoms with E-state index in [1.54, 1.807) is 0 Å². The van der Waals surface area contributed by atoms with E-state index in [2.05, 4.69) is 13.8 Å². The van der Waals surface area contributed by atoms with Crippen LogP contribution in [-0.4, -0.2) is 5.78 Å². The van der Waals surface area contributed by atoms with Gasteiger partial charge in [0.05, 0.1) is 0 Å². The van der Waals surface area contributed by atoms with Gasteiger partial charge in [0.2, 0.25) is 0 Å². The fraction of sp³-hybridized carbons (Fsp3) is 0.889. The molecule has 0 spiro atoms. The summed E-state index contributed by atoms with van der Waals surface area (Å²) in [7, 11) is 0. The maximum Gasteiger partial charge on any atom is 0.139 e. The molecule has 0 heterocycles. The van der Waals surface area contributed by atoms with Gasteiger partial charge in [0.15, 0.2) is 0 Å². The van der Waals surface area contributed by atoms with E-state index in [4.69, 9.17) is 0 Å². The molecule has 0 bridgehead atoms. The summed E-state index contributed by atoms with van der Waals surface area (Å²) >= 11 is 0. The molecule has 58 valence electrons. The van der Waals surface area contributed by atoms with Crippen LogP contribution in [0.2, 0.25) is 0 Å². The van der Waals surface area contributed by atoms with Crippen molar-refractivity contribution in [3.63, 3.8) is 0 Å². The second-order valence-corrected chi connectivity index (χ2v) is 4.30. The molecule has 1 saturated carbocycles. The van der Waals surface area contributed by atoms with E-state index < -0.39 is 0 Å². The Morgan fingerprint density at radius 2 is 1.90 bits per heavy atom. The second kappa shape index (κ2) is 2.08. The van der Waals surface area contributed by atoms with Gasteiger partial charge in [0.1, 0.15) is 5.78 Å². The normalized spacial score (nSPS) is 28.7. The summed E-state index contributed by atoms with van der Waals surface area (Å²) in [6.07, 6.45) is 1.10. The smallest absolute Gasteiger partial charge is 0.139 e. The van der Waals surface area contributed by atoms with E-state index in [-0.39, 0.29) is 5.92 Å². The van der Waals surface area contributed by atoms with Crippen molar-refractivity contribution in [1.82, 2.24) is 0 Å². The molecular weight excluding hydrogens is 124 g/mol. The number of rotatable bonds is 2. The lowest BCUT2D eigenvalue weighted by Gasteiger charge is -2.04. The first kappa shape index (κ1) is 7.77. The van der Waals surface area contributed by atoms with Gasteiger partial charge in [-0.05, 0) is 11.8 Å². The van der Waals surface area contributed by atoms with E-state index >= 15 is 0 Å². The first-order chi connectivity index (χ1) is 4.45. The van der Waals surface area contributed by atoms with Gasteiger partial charge in [-0.25, -0.2) is 0 Å². The highest BCUT2D eigenvalue weighted by atomic mass is 16.1. The second-order valence-electron chi connectivity index (χ2n) is 4.30. The molecule has 0 N–H and O–H groups in total. The Hall–Kier alpha value is -0.330. The van der Waals surface area contributed by atoms with Gasteiger partial charge < -0.3 is 0 Å². The van der Waals surface area contributed by atoms with Crippen molar-refractivity contribution >= 4 is 5.78 Å². The minimum absolute atomic E-state index is 0.228. The first-order valence-corrected chi connectivity index (χ1v) is 3.99. The molecule has 0 radical (unpaired) electrons. The molecular formula is C9H16O. The van der Waals surface area contributed by atoms with Crippen molar-refractivity contribution in [2.45, 2.75) is 34.1 Å². The predicted octanol–water partition coefficient (Wildman–Crippen LogP) is 2.26. The average molecular weight is 140 g/mol. The fourth-order valence-corrected chi connectivity index (χ4v) is 1.36. The highest BCUT2D eigenvalue weighted by Crippen LogP contribution is 2.52. The van der Waals surface area contributed by atoms with Crippen molar-refractivity contribution < 1.29 is 4.79 Å². The van der Waals surface area contributed by atoms with E-state index in [1.807, 2.05) is 13.8 Å². The van der Waals surface area contributed by atoms with Crippen molar-refractivity contribution in [2.24, 2.45) is 17.3 Å². The van der Waals surface area contributed by atoms with Gasteiger partial charge in [0, 0.05) is 11.8 Å². The molecule has 1 aliphatic carbocycles. The summed E-state index contributed by atoms with van der Waals surface area (Å²) in [5.74, 6) is 1.05. The maximum absolute atomic E-state index is 11.3. The molecule has 1 unspecified atom stereocenters. The van der Waals surface area contributed by atoms with E-state index in [0.29, 0.717) is 17.1 Å². The minimum Gasteiger partial charge on any atom is -0.299 e. The topological polar surface area (TPSA) is 17.1 Å². The van der Waals surface area contributed by atoms with Crippen LogP contribution in [0.15, 0.2) is 0 Å². The lowest BCUT2D eigenvalue weighted by Crippen LogP contribution is -2.12. The third-order valence-corrected chi connectivity index (χ3v) is 2.43. The van der Waals surface area contributed by atoms with Crippen LogP contribution >= 0.6 is 0 Å². The van der Waals surface area contributed by atoms with Crippen molar-refractivity contribution in [2.75, 3.05) is 0 Å². The molecule has 0 aromatic carbocycles. The summed E-state index contributed by atoms with van der Waals surface area (Å²) in [5, 5.41) is 0. The number of Topliss-reactive ketones (excluding diaryl/α,β-unsaturated/α-hetero) is 1. The Morgan fingerprint density at radius 1 is 1.50 bits per heavy atom. The van der Waals surface area contributed by atoms with Gasteiger partial charge in [-0.1, -0.05) is 27.7 Å². The fourth-order valence-electron chi connectivity index (χ4n) is 1.36. The summed E-state index contributed by atoms with van der Waals surface area (Å²) in [4.78, 5) is 11.3. The summed E-state index contributed by atoms with van der Waals surface area (Å²) in [6.45, 7) is 8.30. The van der Waals surface area contributed by atoms with Crippen LogP contribution in [-0.2, 0) is 4.79 Å². The molecule has 0 aromatic rings. The molecule has 0 aromatic heterocycles. The zero-order valence-corrected chi connectivity index (χ0v) is 7.27. The van der Waals surface area contributed by atoms with Gasteiger partial charge in [-0.2, -0.15) is 0 Å². The Labute approximate surface area is 62.8 Å². The molecule has 1 rings (SSSR count). The molecule has 1 aliphatic rings. The van der Waals surface area contributed by atoms with Crippen molar-refractivity contribution in [3.05, 3.63) is 0 Å². The lowest BCUT2D eigenvalue weighted by atomic mass is 9.99. The first-order valence-electron chi connectivity index (χ1n) is 3.99. The van der Waals surface area contributed by atoms with Crippen LogP contribution in [0.5, 0.6) is 0 Å². The number of hydrogen-bond acceptors (Lipinski definition) is 1. The van der Waals surface area contributed by atoms with Crippen LogP contribution < -0.4 is 0 Å². The Bertz CT molecular complexity index is 156. The van der Waals surface area contributed by atoms with Crippen LogP contribution in [0, 0.1) is 17.3 Å². The SMILES string of the molecule is CC(C)C(=O)C1CC1(C)C.